The van der Waals surface area contributed by atoms with E-state index in [2.05, 4.69) is 46.3 Å². The van der Waals surface area contributed by atoms with Gasteiger partial charge in [0.1, 0.15) is 5.82 Å². The fourth-order valence-electron chi connectivity index (χ4n) is 2.02. The van der Waals surface area contributed by atoms with Crippen molar-refractivity contribution in [3.8, 4) is 0 Å². The van der Waals surface area contributed by atoms with Crippen molar-refractivity contribution in [1.82, 2.24) is 14.9 Å². The molecule has 2 rings (SSSR count). The van der Waals surface area contributed by atoms with E-state index in [1.54, 1.807) is 0 Å². The molecule has 0 unspecified atom stereocenters. The Hall–Kier alpha value is -1.94. The predicted molar refractivity (Wildman–Crippen MR) is 77.8 cm³/mol. The molecule has 0 amide bonds. The smallest absolute Gasteiger partial charge is 0.126 e. The molecule has 19 heavy (non-hydrogen) atoms. The minimum absolute atomic E-state index is 0.892. The van der Waals surface area contributed by atoms with Gasteiger partial charge >= 0.3 is 0 Å². The van der Waals surface area contributed by atoms with Crippen LogP contribution in [0.15, 0.2) is 42.9 Å². The summed E-state index contributed by atoms with van der Waals surface area (Å²) in [5, 5.41) is 3.23. The average Bonchev–Trinajstić information content (AvgIpc) is 2.40. The van der Waals surface area contributed by atoms with Gasteiger partial charge in [0.15, 0.2) is 0 Å². The van der Waals surface area contributed by atoms with Crippen molar-refractivity contribution < 1.29 is 0 Å². The molecule has 0 aliphatic carbocycles. The molecule has 0 saturated carbocycles. The number of aromatic nitrogens is 2. The van der Waals surface area contributed by atoms with Gasteiger partial charge < -0.3 is 5.32 Å². The molecular formula is C15H20N4. The average molecular weight is 256 g/mol. The number of nitrogens with one attached hydrogen (secondary N) is 1. The fraction of sp³-hybridized carbons (Fsp3) is 0.333. The molecule has 100 valence electrons. The first-order chi connectivity index (χ1) is 9.28. The zero-order valence-corrected chi connectivity index (χ0v) is 11.5. The Balaban J connectivity index is 1.95. The normalized spacial score (nSPS) is 10.7. The molecule has 0 spiro atoms. The van der Waals surface area contributed by atoms with Gasteiger partial charge in [-0.15, -0.1) is 0 Å². The zero-order valence-electron chi connectivity index (χ0n) is 11.5. The topological polar surface area (TPSA) is 41.0 Å². The Bertz CT molecular complexity index is 499. The summed E-state index contributed by atoms with van der Waals surface area (Å²) in [5.41, 5.74) is 2.54. The number of nitrogens with zero attached hydrogens (tertiary/aromatic N) is 3. The minimum Gasteiger partial charge on any atom is -0.370 e. The van der Waals surface area contributed by atoms with Gasteiger partial charge in [-0.1, -0.05) is 0 Å². The number of pyridine rings is 2. The van der Waals surface area contributed by atoms with Crippen molar-refractivity contribution in [3.63, 3.8) is 0 Å². The molecule has 4 nitrogen and oxygen atoms in total. The van der Waals surface area contributed by atoms with E-state index >= 15 is 0 Å². The number of hydrogen-bond acceptors (Lipinski definition) is 4. The van der Waals surface area contributed by atoms with Crippen LogP contribution < -0.4 is 5.32 Å². The highest BCUT2D eigenvalue weighted by atomic mass is 15.1. The maximum absolute atomic E-state index is 4.28. The van der Waals surface area contributed by atoms with Gasteiger partial charge in [0.25, 0.3) is 0 Å². The maximum Gasteiger partial charge on any atom is 0.126 e. The Morgan fingerprint density at radius 1 is 1.05 bits per heavy atom. The lowest BCUT2D eigenvalue weighted by molar-refractivity contribution is 0.319. The summed E-state index contributed by atoms with van der Waals surface area (Å²) in [6, 6.07) is 8.26. The van der Waals surface area contributed by atoms with Crippen molar-refractivity contribution in [2.24, 2.45) is 0 Å². The quantitative estimate of drug-likeness (QED) is 0.862. The summed E-state index contributed by atoms with van der Waals surface area (Å²) < 4.78 is 0. The van der Waals surface area contributed by atoms with E-state index in [1.807, 2.05) is 30.7 Å². The van der Waals surface area contributed by atoms with Crippen LogP contribution in [0.2, 0.25) is 0 Å². The van der Waals surface area contributed by atoms with E-state index in [0.717, 1.165) is 25.5 Å². The molecule has 2 aromatic rings. The molecule has 2 heterocycles. The van der Waals surface area contributed by atoms with Crippen molar-refractivity contribution in [2.45, 2.75) is 20.0 Å². The Morgan fingerprint density at radius 2 is 1.74 bits per heavy atom. The van der Waals surface area contributed by atoms with E-state index < -0.39 is 0 Å². The van der Waals surface area contributed by atoms with Crippen LogP contribution in [0.25, 0.3) is 0 Å². The van der Waals surface area contributed by atoms with E-state index in [-0.39, 0.29) is 0 Å². The lowest BCUT2D eigenvalue weighted by atomic mass is 10.2. The maximum atomic E-state index is 4.28. The third-order valence-corrected chi connectivity index (χ3v) is 2.84. The first kappa shape index (κ1) is 13.5. The lowest BCUT2D eigenvalue weighted by Gasteiger charge is -2.17. The first-order valence-corrected chi connectivity index (χ1v) is 6.54. The molecule has 2 aromatic heterocycles. The number of anilines is 1. The Kier molecular flexibility index (Phi) is 4.86. The highest BCUT2D eigenvalue weighted by molar-refractivity contribution is 5.37. The Labute approximate surface area is 114 Å². The highest BCUT2D eigenvalue weighted by Gasteiger charge is 2.03. The summed E-state index contributed by atoms with van der Waals surface area (Å²) in [5.74, 6) is 0.942. The fourth-order valence-corrected chi connectivity index (χ4v) is 2.02. The van der Waals surface area contributed by atoms with Gasteiger partial charge in [-0.05, 0) is 49.4 Å². The van der Waals surface area contributed by atoms with Crippen LogP contribution in [0.1, 0.15) is 18.1 Å². The molecule has 0 aromatic carbocycles. The van der Waals surface area contributed by atoms with Crippen LogP contribution in [-0.4, -0.2) is 28.5 Å². The summed E-state index contributed by atoms with van der Waals surface area (Å²) in [6.07, 6.45) is 5.52. The molecular weight excluding hydrogens is 236 g/mol. The Morgan fingerprint density at radius 3 is 2.47 bits per heavy atom. The van der Waals surface area contributed by atoms with Crippen molar-refractivity contribution in [3.05, 3.63) is 54.0 Å². The number of rotatable bonds is 6. The summed E-state index contributed by atoms with van der Waals surface area (Å²) >= 11 is 0. The second kappa shape index (κ2) is 6.85. The largest absolute Gasteiger partial charge is 0.370 e. The van der Waals surface area contributed by atoms with Gasteiger partial charge in [-0.2, -0.15) is 0 Å². The van der Waals surface area contributed by atoms with Gasteiger partial charge in [0.05, 0.1) is 0 Å². The van der Waals surface area contributed by atoms with Crippen LogP contribution in [0.3, 0.4) is 0 Å². The van der Waals surface area contributed by atoms with E-state index in [1.165, 1.54) is 11.1 Å². The van der Waals surface area contributed by atoms with Crippen LogP contribution >= 0.6 is 0 Å². The molecule has 0 saturated heterocycles. The van der Waals surface area contributed by atoms with Gasteiger partial charge in [0.2, 0.25) is 0 Å². The lowest BCUT2D eigenvalue weighted by Crippen LogP contribution is -2.17. The standard InChI is InChI=1S/C15H20N4/c1-3-17-15-10-14(6-9-18-15)12-19(2)11-13-4-7-16-8-5-13/h4-10H,3,11-12H2,1-2H3,(H,17,18). The SMILES string of the molecule is CCNc1cc(CN(C)Cc2ccncc2)ccn1. The second-order valence-electron chi connectivity index (χ2n) is 4.61. The molecule has 0 radical (unpaired) electrons. The zero-order chi connectivity index (χ0) is 13.5. The van der Waals surface area contributed by atoms with E-state index in [0.29, 0.717) is 0 Å². The van der Waals surface area contributed by atoms with Crippen molar-refractivity contribution in [2.75, 3.05) is 18.9 Å². The monoisotopic (exact) mass is 256 g/mol. The van der Waals surface area contributed by atoms with E-state index in [9.17, 15) is 0 Å². The van der Waals surface area contributed by atoms with Crippen LogP contribution in [-0.2, 0) is 13.1 Å². The summed E-state index contributed by atoms with van der Waals surface area (Å²) in [7, 11) is 2.12. The second-order valence-corrected chi connectivity index (χ2v) is 4.61. The molecule has 0 aliphatic rings. The third kappa shape index (κ3) is 4.34. The highest BCUT2D eigenvalue weighted by Crippen LogP contribution is 2.10. The molecule has 0 aliphatic heterocycles. The van der Waals surface area contributed by atoms with Crippen molar-refractivity contribution in [1.29, 1.82) is 0 Å². The van der Waals surface area contributed by atoms with Gasteiger partial charge in [-0.3, -0.25) is 9.88 Å². The van der Waals surface area contributed by atoms with Gasteiger partial charge in [-0.25, -0.2) is 4.98 Å². The van der Waals surface area contributed by atoms with Crippen LogP contribution in [0.5, 0.6) is 0 Å². The molecule has 1 N–H and O–H groups in total. The predicted octanol–water partition coefficient (Wildman–Crippen LogP) is 2.54. The summed E-state index contributed by atoms with van der Waals surface area (Å²) in [6.45, 7) is 4.79. The first-order valence-electron chi connectivity index (χ1n) is 6.54. The van der Waals surface area contributed by atoms with Gasteiger partial charge in [0, 0.05) is 38.2 Å². The van der Waals surface area contributed by atoms with Crippen LogP contribution in [0, 0.1) is 0 Å². The molecule has 0 bridgehead atoms. The van der Waals surface area contributed by atoms with E-state index in [4.69, 9.17) is 0 Å². The third-order valence-electron chi connectivity index (χ3n) is 2.84. The summed E-state index contributed by atoms with van der Waals surface area (Å²) in [4.78, 5) is 10.6. The molecule has 4 heteroatoms. The molecule has 0 fully saturated rings. The van der Waals surface area contributed by atoms with Crippen LogP contribution in [0.4, 0.5) is 5.82 Å². The molecule has 0 atom stereocenters. The minimum atomic E-state index is 0.892. The van der Waals surface area contributed by atoms with Crippen molar-refractivity contribution >= 4 is 5.82 Å². The number of hydrogen-bond donors (Lipinski definition) is 1.